The fourth-order valence-electron chi connectivity index (χ4n) is 3.64. The number of carbonyl (C=O) groups is 1. The molecule has 1 spiro atoms. The molecule has 2 atom stereocenters. The van der Waals surface area contributed by atoms with Crippen LogP contribution in [-0.4, -0.2) is 25.0 Å². The normalized spacial score (nSPS) is 23.4. The summed E-state index contributed by atoms with van der Waals surface area (Å²) in [6.45, 7) is 4.28. The average molecular weight is 323 g/mol. The number of hydrogen-bond acceptors (Lipinski definition) is 2. The van der Waals surface area contributed by atoms with Crippen molar-refractivity contribution >= 4 is 18.3 Å². The second kappa shape index (κ2) is 7.47. The summed E-state index contributed by atoms with van der Waals surface area (Å²) in [6.07, 6.45) is 5.48. The highest BCUT2D eigenvalue weighted by atomic mass is 35.5. The van der Waals surface area contributed by atoms with Crippen LogP contribution in [0.4, 0.5) is 0 Å². The van der Waals surface area contributed by atoms with Crippen molar-refractivity contribution in [2.75, 3.05) is 13.1 Å². The van der Waals surface area contributed by atoms with Crippen molar-refractivity contribution in [3.05, 3.63) is 35.9 Å². The Balaban J connectivity index is 0.00000176. The van der Waals surface area contributed by atoms with E-state index in [9.17, 15) is 4.79 Å². The minimum absolute atomic E-state index is 0. The van der Waals surface area contributed by atoms with E-state index in [1.165, 1.54) is 18.4 Å². The van der Waals surface area contributed by atoms with E-state index < -0.39 is 0 Å². The first-order chi connectivity index (χ1) is 10.2. The van der Waals surface area contributed by atoms with Gasteiger partial charge in [0.1, 0.15) is 0 Å². The molecule has 1 saturated carbocycles. The summed E-state index contributed by atoms with van der Waals surface area (Å²) in [4.78, 5) is 12.4. The van der Waals surface area contributed by atoms with Crippen LogP contribution < -0.4 is 10.6 Å². The highest BCUT2D eigenvalue weighted by molar-refractivity contribution is 5.85. The van der Waals surface area contributed by atoms with Gasteiger partial charge in [-0.2, -0.15) is 0 Å². The van der Waals surface area contributed by atoms with E-state index in [1.54, 1.807) is 0 Å². The Labute approximate surface area is 139 Å². The zero-order valence-corrected chi connectivity index (χ0v) is 14.1. The smallest absolute Gasteiger partial charge is 0.223 e. The fourth-order valence-corrected chi connectivity index (χ4v) is 3.64. The molecule has 3 nitrogen and oxygen atoms in total. The first kappa shape index (κ1) is 17.3. The Morgan fingerprint density at radius 3 is 2.68 bits per heavy atom. The Morgan fingerprint density at radius 1 is 1.32 bits per heavy atom. The van der Waals surface area contributed by atoms with Crippen LogP contribution >= 0.6 is 12.4 Å². The molecule has 2 N–H and O–H groups in total. The number of piperidine rings is 1. The second-order valence-electron chi connectivity index (χ2n) is 6.80. The maximum absolute atomic E-state index is 12.4. The predicted molar refractivity (Wildman–Crippen MR) is 92.3 cm³/mol. The van der Waals surface area contributed by atoms with Crippen molar-refractivity contribution in [3.8, 4) is 0 Å². The molecule has 3 rings (SSSR count). The second-order valence-corrected chi connectivity index (χ2v) is 6.80. The number of carbonyl (C=O) groups excluding carboxylic acids is 1. The van der Waals surface area contributed by atoms with E-state index in [4.69, 9.17) is 0 Å². The van der Waals surface area contributed by atoms with Crippen molar-refractivity contribution < 1.29 is 4.79 Å². The summed E-state index contributed by atoms with van der Waals surface area (Å²) in [7, 11) is 0. The third-order valence-corrected chi connectivity index (χ3v) is 5.20. The zero-order chi connectivity index (χ0) is 14.7. The molecule has 122 valence electrons. The Kier molecular flexibility index (Phi) is 5.87. The molecular formula is C18H27ClN2O. The number of amides is 1. The molecule has 1 aliphatic carbocycles. The molecule has 0 radical (unpaired) electrons. The Morgan fingerprint density at radius 2 is 2.00 bits per heavy atom. The van der Waals surface area contributed by atoms with Gasteiger partial charge in [-0.3, -0.25) is 4.79 Å². The van der Waals surface area contributed by atoms with E-state index in [0.29, 0.717) is 5.41 Å². The largest absolute Gasteiger partial charge is 0.353 e. The Bertz CT molecular complexity index is 485. The molecular weight excluding hydrogens is 296 g/mol. The summed E-state index contributed by atoms with van der Waals surface area (Å²) >= 11 is 0. The van der Waals surface area contributed by atoms with E-state index in [0.717, 1.165) is 32.4 Å². The third kappa shape index (κ3) is 4.02. The lowest BCUT2D eigenvalue weighted by Crippen LogP contribution is -2.37. The van der Waals surface area contributed by atoms with Crippen LogP contribution in [0.3, 0.4) is 0 Å². The van der Waals surface area contributed by atoms with Crippen LogP contribution in [0.2, 0.25) is 0 Å². The van der Waals surface area contributed by atoms with E-state index in [2.05, 4.69) is 41.8 Å². The van der Waals surface area contributed by atoms with Crippen molar-refractivity contribution in [2.24, 2.45) is 11.3 Å². The van der Waals surface area contributed by atoms with Gasteiger partial charge in [0.25, 0.3) is 0 Å². The molecule has 2 fully saturated rings. The van der Waals surface area contributed by atoms with Crippen LogP contribution in [0.25, 0.3) is 0 Å². The third-order valence-electron chi connectivity index (χ3n) is 5.20. The van der Waals surface area contributed by atoms with Crippen molar-refractivity contribution in [3.63, 3.8) is 0 Å². The first-order valence-corrected chi connectivity index (χ1v) is 8.25. The van der Waals surface area contributed by atoms with Crippen molar-refractivity contribution in [2.45, 2.75) is 45.1 Å². The van der Waals surface area contributed by atoms with Gasteiger partial charge in [-0.1, -0.05) is 30.3 Å². The standard InChI is InChI=1S/C18H26N2O.ClH/c1-14(7-8-15-5-3-2-4-6-15)20-17(21)16-13-18(16)9-11-19-12-10-18;/h2-6,14,16,19H,7-13H2,1H3,(H,20,21);1H. The minimum Gasteiger partial charge on any atom is -0.353 e. The van der Waals surface area contributed by atoms with Gasteiger partial charge in [-0.25, -0.2) is 0 Å². The number of aryl methyl sites for hydroxylation is 1. The molecule has 2 unspecified atom stereocenters. The van der Waals surface area contributed by atoms with Gasteiger partial charge in [-0.15, -0.1) is 12.4 Å². The SMILES string of the molecule is CC(CCc1ccccc1)NC(=O)C1CC12CCNCC2.Cl. The summed E-state index contributed by atoms with van der Waals surface area (Å²) in [5, 5.41) is 6.61. The lowest BCUT2D eigenvalue weighted by molar-refractivity contribution is -0.123. The number of benzene rings is 1. The van der Waals surface area contributed by atoms with Crippen molar-refractivity contribution in [1.29, 1.82) is 0 Å². The van der Waals surface area contributed by atoms with Gasteiger partial charge < -0.3 is 10.6 Å². The van der Waals surface area contributed by atoms with Crippen molar-refractivity contribution in [1.82, 2.24) is 10.6 Å². The maximum atomic E-state index is 12.4. The van der Waals surface area contributed by atoms with Crippen LogP contribution in [-0.2, 0) is 11.2 Å². The molecule has 0 aromatic heterocycles. The van der Waals surface area contributed by atoms with Crippen LogP contribution in [0.1, 0.15) is 38.2 Å². The number of hydrogen-bond donors (Lipinski definition) is 2. The van der Waals surface area contributed by atoms with Gasteiger partial charge in [0.05, 0.1) is 0 Å². The van der Waals surface area contributed by atoms with Gasteiger partial charge in [0.2, 0.25) is 5.91 Å². The van der Waals surface area contributed by atoms with E-state index >= 15 is 0 Å². The summed E-state index contributed by atoms with van der Waals surface area (Å²) in [5.74, 6) is 0.566. The molecule has 1 amide bonds. The van der Waals surface area contributed by atoms with Gasteiger partial charge in [0.15, 0.2) is 0 Å². The first-order valence-electron chi connectivity index (χ1n) is 8.25. The van der Waals surface area contributed by atoms with Crippen LogP contribution in [0.15, 0.2) is 30.3 Å². The van der Waals surface area contributed by atoms with Gasteiger partial charge in [-0.05, 0) is 63.1 Å². The van der Waals surface area contributed by atoms with Gasteiger partial charge in [0, 0.05) is 12.0 Å². The molecule has 0 bridgehead atoms. The fraction of sp³-hybridized carbons (Fsp3) is 0.611. The summed E-state index contributed by atoms with van der Waals surface area (Å²) < 4.78 is 0. The lowest BCUT2D eigenvalue weighted by Gasteiger charge is -2.23. The monoisotopic (exact) mass is 322 g/mol. The highest BCUT2D eigenvalue weighted by Crippen LogP contribution is 2.58. The Hall–Kier alpha value is -1.06. The molecule has 1 heterocycles. The molecule has 1 aliphatic heterocycles. The maximum Gasteiger partial charge on any atom is 0.223 e. The minimum atomic E-state index is 0. The van der Waals surface area contributed by atoms with E-state index in [-0.39, 0.29) is 30.3 Å². The molecule has 22 heavy (non-hydrogen) atoms. The van der Waals surface area contributed by atoms with Crippen LogP contribution in [0, 0.1) is 11.3 Å². The molecule has 4 heteroatoms. The molecule has 2 aliphatic rings. The van der Waals surface area contributed by atoms with Crippen LogP contribution in [0.5, 0.6) is 0 Å². The molecule has 1 aromatic carbocycles. The number of halogens is 1. The summed E-state index contributed by atoms with van der Waals surface area (Å²) in [6, 6.07) is 10.8. The predicted octanol–water partition coefficient (Wildman–Crippen LogP) is 2.94. The molecule has 1 saturated heterocycles. The number of nitrogens with one attached hydrogen (secondary N) is 2. The lowest BCUT2D eigenvalue weighted by atomic mass is 9.91. The highest BCUT2D eigenvalue weighted by Gasteiger charge is 2.57. The average Bonchev–Trinajstić information content (AvgIpc) is 3.20. The number of rotatable bonds is 5. The van der Waals surface area contributed by atoms with E-state index in [1.807, 2.05) is 6.07 Å². The quantitative estimate of drug-likeness (QED) is 0.875. The topological polar surface area (TPSA) is 41.1 Å². The summed E-state index contributed by atoms with van der Waals surface area (Å²) in [5.41, 5.74) is 1.69. The zero-order valence-electron chi connectivity index (χ0n) is 13.3. The molecule has 1 aromatic rings. The van der Waals surface area contributed by atoms with Gasteiger partial charge >= 0.3 is 0 Å².